The van der Waals surface area contributed by atoms with Gasteiger partial charge in [-0.15, -0.1) is 0 Å². The minimum absolute atomic E-state index is 2.14. The van der Waals surface area contributed by atoms with Gasteiger partial charge in [0.2, 0.25) is 0 Å². The highest BCUT2D eigenvalue weighted by molar-refractivity contribution is 4.81. The van der Waals surface area contributed by atoms with E-state index in [4.69, 9.17) is 0 Å². The molecule has 0 aromatic carbocycles. The van der Waals surface area contributed by atoms with Crippen molar-refractivity contribution in [1.82, 2.24) is 10.7 Å². The topological polar surface area (TPSA) is 179 Å². The van der Waals surface area contributed by atoms with Gasteiger partial charge in [0.1, 0.15) is 32.5 Å². The molecule has 0 aliphatic heterocycles. The second-order valence-electron chi connectivity index (χ2n) is 4.91. The fourth-order valence-electron chi connectivity index (χ4n) is 1.74. The molecular weight excluding hydrogens is 410 g/mol. The summed E-state index contributed by atoms with van der Waals surface area (Å²) in [6.07, 6.45) is -8.70. The fourth-order valence-corrected chi connectivity index (χ4v) is 1.74. The molecule has 0 aliphatic carbocycles. The Labute approximate surface area is 142 Å². The maximum atomic E-state index is 13.6. The molecule has 0 rings (SSSR count). The highest BCUT2D eigenvalue weighted by Crippen LogP contribution is 2.38. The van der Waals surface area contributed by atoms with Gasteiger partial charge in [-0.05, 0) is 0 Å². The van der Waals surface area contributed by atoms with E-state index in [0.717, 1.165) is 0 Å². The van der Waals surface area contributed by atoms with Crippen LogP contribution in [0.5, 0.6) is 0 Å². The molecule has 20 heteroatoms. The van der Waals surface area contributed by atoms with Crippen molar-refractivity contribution in [2.45, 2.75) is 43.2 Å². The molecule has 0 saturated heterocycles. The van der Waals surface area contributed by atoms with Gasteiger partial charge in [-0.3, -0.25) is 40.5 Å². The Morgan fingerprint density at radius 3 is 0.963 bits per heavy atom. The molecule has 0 aromatic rings. The first kappa shape index (κ1) is 24.1. The normalized spacial score (nSPS) is 13.0. The maximum absolute atomic E-state index is 13.6. The molecule has 0 bridgehead atoms. The van der Waals surface area contributed by atoms with E-state index in [9.17, 15) is 67.2 Å². The lowest BCUT2D eigenvalue weighted by molar-refractivity contribution is -0.833. The Morgan fingerprint density at radius 2 is 0.815 bits per heavy atom. The molecule has 0 aliphatic rings. The van der Waals surface area contributed by atoms with Crippen molar-refractivity contribution in [2.75, 3.05) is 0 Å². The number of rotatable bonds is 12. The van der Waals surface area contributed by atoms with Crippen LogP contribution in [0.25, 0.3) is 0 Å². The molecule has 14 nitrogen and oxygen atoms in total. The predicted octanol–water partition coefficient (Wildman–Crippen LogP) is 1.74. The van der Waals surface area contributed by atoms with Gasteiger partial charge in [0.25, 0.3) is 0 Å². The summed E-state index contributed by atoms with van der Waals surface area (Å²) in [5.74, 6) is -9.40. The summed E-state index contributed by atoms with van der Waals surface area (Å²) in [6, 6.07) is 0. The zero-order valence-corrected chi connectivity index (χ0v) is 12.5. The summed E-state index contributed by atoms with van der Waals surface area (Å²) in [6.45, 7) is 0. The van der Waals surface area contributed by atoms with E-state index in [-0.39, 0.29) is 0 Å². The third-order valence-corrected chi connectivity index (χ3v) is 3.44. The largest absolute Gasteiger partial charge is 0.613 e. The zero-order valence-electron chi connectivity index (χ0n) is 12.5. The van der Waals surface area contributed by atoms with E-state index in [2.05, 4.69) is 0 Å². The van der Waals surface area contributed by atoms with Crippen LogP contribution in [-0.4, -0.2) is 47.9 Å². The summed E-state index contributed by atoms with van der Waals surface area (Å²) in [5.41, 5.74) is -4.24. The van der Waals surface area contributed by atoms with E-state index in [1.807, 2.05) is 0 Å². The van der Waals surface area contributed by atoms with Gasteiger partial charge in [-0.25, -0.2) is 0 Å². The number of nitrogens with zero attached hydrogens (tertiary/aromatic N) is 6. The van der Waals surface area contributed by atoms with Gasteiger partial charge in [-0.2, -0.15) is 0 Å². The summed E-state index contributed by atoms with van der Waals surface area (Å²) in [7, 11) is 0. The standard InChI is InChI=1S/C7H8F6N6O8/c8-6(16(20)21,17(22)23)3-1-5(14(10)11,15(12)13)2-4-7(9,18(24)25)19(26)27/h1-4H2. The maximum Gasteiger partial charge on any atom is 0.613 e. The van der Waals surface area contributed by atoms with Crippen LogP contribution in [0.15, 0.2) is 0 Å². The fraction of sp³-hybridized carbons (Fsp3) is 1.00. The molecule has 0 aromatic heterocycles. The minimum Gasteiger partial charge on any atom is -0.256 e. The highest BCUT2D eigenvalue weighted by atomic mass is 19.4. The molecule has 0 unspecified atom stereocenters. The second-order valence-corrected chi connectivity index (χ2v) is 4.91. The van der Waals surface area contributed by atoms with E-state index >= 15 is 0 Å². The van der Waals surface area contributed by atoms with Crippen LogP contribution < -0.4 is 0 Å². The summed E-state index contributed by atoms with van der Waals surface area (Å²) < 4.78 is 79.0. The van der Waals surface area contributed by atoms with Gasteiger partial charge < -0.3 is 0 Å². The average Bonchev–Trinajstić information content (AvgIpc) is 2.52. The number of halogens is 6. The Morgan fingerprint density at radius 1 is 0.593 bits per heavy atom. The van der Waals surface area contributed by atoms with Crippen molar-refractivity contribution >= 4 is 0 Å². The van der Waals surface area contributed by atoms with Crippen LogP contribution in [0, 0.1) is 40.5 Å². The zero-order chi connectivity index (χ0) is 21.8. The van der Waals surface area contributed by atoms with Crippen molar-refractivity contribution < 1.29 is 46.4 Å². The van der Waals surface area contributed by atoms with Crippen LogP contribution in [0.2, 0.25) is 0 Å². The van der Waals surface area contributed by atoms with Crippen LogP contribution in [-0.2, 0) is 0 Å². The van der Waals surface area contributed by atoms with Crippen LogP contribution in [0.4, 0.5) is 26.7 Å². The van der Waals surface area contributed by atoms with E-state index < -0.39 is 73.6 Å². The highest BCUT2D eigenvalue weighted by Gasteiger charge is 2.64. The van der Waals surface area contributed by atoms with Crippen molar-refractivity contribution in [3.05, 3.63) is 40.5 Å². The molecule has 0 atom stereocenters. The predicted molar refractivity (Wildman–Crippen MR) is 65.0 cm³/mol. The minimum atomic E-state index is -4.70. The molecule has 0 radical (unpaired) electrons. The lowest BCUT2D eigenvalue weighted by atomic mass is 9.96. The van der Waals surface area contributed by atoms with Gasteiger partial charge in [0.05, 0.1) is 0 Å². The Bertz CT molecular complexity index is 541. The van der Waals surface area contributed by atoms with Crippen molar-refractivity contribution in [2.24, 2.45) is 0 Å². The molecule has 0 heterocycles. The molecule has 0 saturated carbocycles. The Hall–Kier alpha value is -2.90. The first-order valence-corrected chi connectivity index (χ1v) is 6.27. The van der Waals surface area contributed by atoms with E-state index in [1.54, 1.807) is 0 Å². The first-order chi connectivity index (χ1) is 12.1. The number of alkyl halides is 2. The van der Waals surface area contributed by atoms with Crippen LogP contribution >= 0.6 is 0 Å². The third kappa shape index (κ3) is 4.64. The SMILES string of the molecule is O=[N+]([O-])C(F)(CCC(CCC(F)([N+](=O)[O-])[N+](=O)[O-])(N(F)F)N(F)F)[N+](=O)[O-]. The number of hydrogen-bond donors (Lipinski definition) is 0. The van der Waals surface area contributed by atoms with Gasteiger partial charge >= 0.3 is 11.8 Å². The third-order valence-electron chi connectivity index (χ3n) is 3.44. The molecule has 0 fully saturated rings. The first-order valence-electron chi connectivity index (χ1n) is 6.27. The Kier molecular flexibility index (Phi) is 7.32. The van der Waals surface area contributed by atoms with Crippen molar-refractivity contribution in [3.63, 3.8) is 0 Å². The molecule has 0 amide bonds. The lowest BCUT2D eigenvalue weighted by Gasteiger charge is -2.32. The summed E-state index contributed by atoms with van der Waals surface area (Å²) in [5, 5.41) is 36.5. The molecule has 156 valence electrons. The summed E-state index contributed by atoms with van der Waals surface area (Å²) in [4.78, 5) is 32.6. The van der Waals surface area contributed by atoms with Gasteiger partial charge in [0, 0.05) is 23.5 Å². The van der Waals surface area contributed by atoms with Crippen LogP contribution in [0.1, 0.15) is 25.7 Å². The molecule has 0 N–H and O–H groups in total. The monoisotopic (exact) mass is 418 g/mol. The Balaban J connectivity index is 5.84. The molecular formula is C7H8F6N6O8. The number of hydrogen-bond acceptors (Lipinski definition) is 10. The van der Waals surface area contributed by atoms with E-state index in [0.29, 0.717) is 0 Å². The quantitative estimate of drug-likeness (QED) is 0.113. The van der Waals surface area contributed by atoms with Crippen molar-refractivity contribution in [3.8, 4) is 0 Å². The van der Waals surface area contributed by atoms with Crippen LogP contribution in [0.3, 0.4) is 0 Å². The average molecular weight is 418 g/mol. The van der Waals surface area contributed by atoms with E-state index in [1.165, 1.54) is 0 Å². The van der Waals surface area contributed by atoms with Gasteiger partial charge in [0.15, 0.2) is 5.66 Å². The summed E-state index contributed by atoms with van der Waals surface area (Å²) >= 11 is 0. The smallest absolute Gasteiger partial charge is 0.256 e. The van der Waals surface area contributed by atoms with Crippen molar-refractivity contribution in [1.29, 1.82) is 0 Å². The number of nitro groups is 4. The molecule has 0 spiro atoms. The lowest BCUT2D eigenvalue weighted by Crippen LogP contribution is -2.53. The molecule has 27 heavy (non-hydrogen) atoms. The second kappa shape index (κ2) is 8.20. The van der Waals surface area contributed by atoms with Gasteiger partial charge in [-0.1, -0.05) is 26.7 Å².